The number of amides is 1. The molecule has 1 atom stereocenters. The Balaban J connectivity index is 3.93. The predicted molar refractivity (Wildman–Crippen MR) is 61.7 cm³/mol. The second-order valence-corrected chi connectivity index (χ2v) is 4.83. The van der Waals surface area contributed by atoms with E-state index in [0.717, 1.165) is 6.42 Å². The molecule has 1 unspecified atom stereocenters. The van der Waals surface area contributed by atoms with Gasteiger partial charge in [-0.1, -0.05) is 20.8 Å². The molecular weight excluding hydrogens is 208 g/mol. The summed E-state index contributed by atoms with van der Waals surface area (Å²) >= 11 is 0. The minimum atomic E-state index is -1.22. The van der Waals surface area contributed by atoms with E-state index in [9.17, 15) is 9.59 Å². The first-order valence-corrected chi connectivity index (χ1v) is 5.48. The second-order valence-electron chi connectivity index (χ2n) is 4.83. The Bertz CT molecular complexity index is 246. The average Bonchev–Trinajstić information content (AvgIpc) is 2.14. The predicted octanol–water partition coefficient (Wildman–Crippen LogP) is 0.429. The summed E-state index contributed by atoms with van der Waals surface area (Å²) in [6.45, 7) is 8.62. The summed E-state index contributed by atoms with van der Waals surface area (Å²) in [5.74, 6) is -1.17. The van der Waals surface area contributed by atoms with E-state index in [1.54, 1.807) is 6.92 Å². The van der Waals surface area contributed by atoms with Crippen LogP contribution in [0.25, 0.3) is 0 Å². The van der Waals surface area contributed by atoms with Crippen molar-refractivity contribution in [3.05, 3.63) is 0 Å². The lowest BCUT2D eigenvalue weighted by molar-refractivity contribution is -0.147. The van der Waals surface area contributed by atoms with E-state index in [-0.39, 0.29) is 12.0 Å². The monoisotopic (exact) mass is 230 g/mol. The summed E-state index contributed by atoms with van der Waals surface area (Å²) in [5, 5.41) is 2.61. The topological polar surface area (TPSA) is 81.4 Å². The third-order valence-electron chi connectivity index (χ3n) is 2.00. The molecule has 0 spiro atoms. The van der Waals surface area contributed by atoms with Crippen molar-refractivity contribution < 1.29 is 14.3 Å². The molecule has 0 aromatic heterocycles. The molecule has 0 aromatic carbocycles. The minimum absolute atomic E-state index is 0.140. The third-order valence-corrected chi connectivity index (χ3v) is 2.00. The van der Waals surface area contributed by atoms with E-state index in [4.69, 9.17) is 5.73 Å². The highest BCUT2D eigenvalue weighted by Crippen LogP contribution is 2.16. The van der Waals surface area contributed by atoms with Crippen molar-refractivity contribution in [1.82, 2.24) is 5.32 Å². The number of nitrogens with two attached hydrogens (primary N) is 1. The van der Waals surface area contributed by atoms with Crippen LogP contribution < -0.4 is 11.1 Å². The molecule has 5 heteroatoms. The molecule has 0 aliphatic heterocycles. The Hall–Kier alpha value is -1.10. The lowest BCUT2D eigenvalue weighted by Gasteiger charge is -2.18. The van der Waals surface area contributed by atoms with Gasteiger partial charge in [0.05, 0.1) is 6.61 Å². The molecule has 0 bridgehead atoms. The van der Waals surface area contributed by atoms with Gasteiger partial charge in [-0.05, 0) is 18.8 Å². The van der Waals surface area contributed by atoms with E-state index in [1.165, 1.54) is 0 Å². The van der Waals surface area contributed by atoms with E-state index in [2.05, 4.69) is 30.8 Å². The Labute approximate surface area is 96.7 Å². The zero-order valence-corrected chi connectivity index (χ0v) is 10.5. The molecule has 94 valence electrons. The van der Waals surface area contributed by atoms with Gasteiger partial charge in [-0.3, -0.25) is 4.79 Å². The van der Waals surface area contributed by atoms with Gasteiger partial charge < -0.3 is 15.8 Å². The highest BCUT2D eigenvalue weighted by Gasteiger charge is 2.23. The SMILES string of the molecule is CCOC(=O)C(N)C(=O)NCCC(C)(C)C. The van der Waals surface area contributed by atoms with Gasteiger partial charge >= 0.3 is 5.97 Å². The molecule has 0 aliphatic rings. The van der Waals surface area contributed by atoms with Crippen molar-refractivity contribution >= 4 is 11.9 Å². The first-order valence-electron chi connectivity index (χ1n) is 5.48. The summed E-state index contributed by atoms with van der Waals surface area (Å²) in [6, 6.07) is -1.22. The Morgan fingerprint density at radius 1 is 1.38 bits per heavy atom. The fourth-order valence-electron chi connectivity index (χ4n) is 1.01. The van der Waals surface area contributed by atoms with Gasteiger partial charge in [0.2, 0.25) is 5.91 Å². The van der Waals surface area contributed by atoms with Gasteiger partial charge in [0.1, 0.15) is 0 Å². The quantitative estimate of drug-likeness (QED) is 0.530. The van der Waals surface area contributed by atoms with Gasteiger partial charge in [0, 0.05) is 6.54 Å². The van der Waals surface area contributed by atoms with Crippen LogP contribution in [0.1, 0.15) is 34.1 Å². The maximum atomic E-state index is 11.4. The standard InChI is InChI=1S/C11H22N2O3/c1-5-16-10(15)8(12)9(14)13-7-6-11(2,3)4/h8H,5-7,12H2,1-4H3,(H,13,14). The molecular formula is C11H22N2O3. The van der Waals surface area contributed by atoms with E-state index in [0.29, 0.717) is 6.54 Å². The van der Waals surface area contributed by atoms with Crippen LogP contribution in [0.15, 0.2) is 0 Å². The molecule has 0 aromatic rings. The van der Waals surface area contributed by atoms with Crippen molar-refractivity contribution in [2.24, 2.45) is 11.1 Å². The van der Waals surface area contributed by atoms with Crippen LogP contribution >= 0.6 is 0 Å². The van der Waals surface area contributed by atoms with Crippen molar-refractivity contribution in [3.8, 4) is 0 Å². The lowest BCUT2D eigenvalue weighted by Crippen LogP contribution is -2.47. The number of ether oxygens (including phenoxy) is 1. The number of rotatable bonds is 5. The van der Waals surface area contributed by atoms with E-state index < -0.39 is 17.9 Å². The van der Waals surface area contributed by atoms with Gasteiger partial charge in [-0.2, -0.15) is 0 Å². The maximum Gasteiger partial charge on any atom is 0.332 e. The fourth-order valence-corrected chi connectivity index (χ4v) is 1.01. The molecule has 1 amide bonds. The maximum absolute atomic E-state index is 11.4. The molecule has 0 heterocycles. The molecule has 3 N–H and O–H groups in total. The molecule has 0 rings (SSSR count). The Morgan fingerprint density at radius 2 is 1.94 bits per heavy atom. The van der Waals surface area contributed by atoms with Crippen molar-refractivity contribution in [2.45, 2.75) is 40.2 Å². The number of nitrogens with one attached hydrogen (secondary N) is 1. The molecule has 0 aliphatic carbocycles. The molecule has 16 heavy (non-hydrogen) atoms. The van der Waals surface area contributed by atoms with Gasteiger partial charge in [-0.25, -0.2) is 4.79 Å². The largest absolute Gasteiger partial charge is 0.464 e. The Morgan fingerprint density at radius 3 is 2.38 bits per heavy atom. The van der Waals surface area contributed by atoms with Crippen LogP contribution in [0.5, 0.6) is 0 Å². The van der Waals surface area contributed by atoms with Crippen LogP contribution in [0.3, 0.4) is 0 Å². The van der Waals surface area contributed by atoms with Crippen molar-refractivity contribution in [1.29, 1.82) is 0 Å². The zero-order chi connectivity index (χ0) is 12.8. The summed E-state index contributed by atoms with van der Waals surface area (Å²) in [7, 11) is 0. The summed E-state index contributed by atoms with van der Waals surface area (Å²) < 4.78 is 4.65. The number of hydrogen-bond acceptors (Lipinski definition) is 4. The van der Waals surface area contributed by atoms with Crippen LogP contribution in [0, 0.1) is 5.41 Å². The smallest absolute Gasteiger partial charge is 0.332 e. The Kier molecular flexibility index (Phi) is 6.03. The van der Waals surface area contributed by atoms with Gasteiger partial charge in [0.15, 0.2) is 6.04 Å². The summed E-state index contributed by atoms with van der Waals surface area (Å²) in [4.78, 5) is 22.5. The zero-order valence-electron chi connectivity index (χ0n) is 10.5. The van der Waals surface area contributed by atoms with Gasteiger partial charge in [0.25, 0.3) is 0 Å². The fraction of sp³-hybridized carbons (Fsp3) is 0.818. The highest BCUT2D eigenvalue weighted by molar-refractivity contribution is 6.01. The molecule has 0 radical (unpaired) electrons. The normalized spacial score (nSPS) is 13.1. The first kappa shape index (κ1) is 14.9. The molecule has 0 saturated carbocycles. The number of carbonyl (C=O) groups is 2. The average molecular weight is 230 g/mol. The first-order chi connectivity index (χ1) is 7.28. The highest BCUT2D eigenvalue weighted by atomic mass is 16.5. The lowest BCUT2D eigenvalue weighted by atomic mass is 9.92. The van der Waals surface area contributed by atoms with Crippen molar-refractivity contribution in [3.63, 3.8) is 0 Å². The minimum Gasteiger partial charge on any atom is -0.464 e. The van der Waals surface area contributed by atoms with Crippen LogP contribution in [-0.2, 0) is 14.3 Å². The molecule has 0 fully saturated rings. The molecule has 0 saturated heterocycles. The third kappa shape index (κ3) is 6.40. The summed E-state index contributed by atoms with van der Waals surface area (Å²) in [5.41, 5.74) is 5.55. The number of carbonyl (C=O) groups excluding carboxylic acids is 2. The molecule has 5 nitrogen and oxygen atoms in total. The second kappa shape index (κ2) is 6.48. The van der Waals surface area contributed by atoms with Gasteiger partial charge in [-0.15, -0.1) is 0 Å². The van der Waals surface area contributed by atoms with E-state index >= 15 is 0 Å². The summed E-state index contributed by atoms with van der Waals surface area (Å²) in [6.07, 6.45) is 0.828. The van der Waals surface area contributed by atoms with E-state index in [1.807, 2.05) is 0 Å². The number of esters is 1. The van der Waals surface area contributed by atoms with Crippen LogP contribution in [0.4, 0.5) is 0 Å². The van der Waals surface area contributed by atoms with Crippen LogP contribution in [0.2, 0.25) is 0 Å². The van der Waals surface area contributed by atoms with Crippen LogP contribution in [-0.4, -0.2) is 31.1 Å². The number of hydrogen-bond donors (Lipinski definition) is 2. The van der Waals surface area contributed by atoms with Crippen molar-refractivity contribution in [2.75, 3.05) is 13.2 Å².